The second-order valence-electron chi connectivity index (χ2n) is 6.25. The molecule has 0 aliphatic carbocycles. The maximum Gasteiger partial charge on any atom is 0.244 e. The summed E-state index contributed by atoms with van der Waals surface area (Å²) >= 11 is 0. The summed E-state index contributed by atoms with van der Waals surface area (Å²) in [6, 6.07) is 16.4. The van der Waals surface area contributed by atoms with Crippen LogP contribution in [0.3, 0.4) is 0 Å². The number of hydrogen-bond acceptors (Lipinski definition) is 4. The highest BCUT2D eigenvalue weighted by Crippen LogP contribution is 2.18. The molecule has 0 fully saturated rings. The smallest absolute Gasteiger partial charge is 0.244 e. The van der Waals surface area contributed by atoms with Gasteiger partial charge in [0.2, 0.25) is 5.91 Å². The van der Waals surface area contributed by atoms with Crippen LogP contribution in [0.15, 0.2) is 72.8 Å². The first kappa shape index (κ1) is 20.4. The number of amides is 1. The average molecular weight is 367 g/mol. The summed E-state index contributed by atoms with van der Waals surface area (Å²) < 4.78 is 5.46. The zero-order chi connectivity index (χ0) is 19.6. The molecule has 2 aromatic rings. The minimum Gasteiger partial charge on any atom is -0.491 e. The minimum absolute atomic E-state index is 0.104. The van der Waals surface area contributed by atoms with Gasteiger partial charge in [-0.3, -0.25) is 4.79 Å². The topological polar surface area (TPSA) is 78.8 Å². The number of nitrogens with one attached hydrogen (secondary N) is 1. The van der Waals surface area contributed by atoms with Crippen molar-refractivity contribution in [1.82, 2.24) is 5.32 Å². The molecule has 0 heterocycles. The number of aliphatic hydroxyl groups is 2. The molecule has 0 spiro atoms. The zero-order valence-electron chi connectivity index (χ0n) is 15.3. The van der Waals surface area contributed by atoms with E-state index in [1.807, 2.05) is 30.3 Å². The fourth-order valence-electron chi connectivity index (χ4n) is 2.21. The van der Waals surface area contributed by atoms with E-state index in [1.165, 1.54) is 6.08 Å². The number of rotatable bonds is 9. The Morgan fingerprint density at radius 1 is 1.15 bits per heavy atom. The van der Waals surface area contributed by atoms with Crippen molar-refractivity contribution in [3.8, 4) is 5.75 Å². The number of hydrogen-bond donors (Lipinski definition) is 3. The predicted molar refractivity (Wildman–Crippen MR) is 106 cm³/mol. The third-order valence-corrected chi connectivity index (χ3v) is 3.94. The molecule has 1 amide bonds. The Morgan fingerprint density at radius 2 is 1.81 bits per heavy atom. The average Bonchev–Trinajstić information content (AvgIpc) is 2.69. The summed E-state index contributed by atoms with van der Waals surface area (Å²) in [5.41, 5.74) is 2.23. The minimum atomic E-state index is -0.825. The van der Waals surface area contributed by atoms with Gasteiger partial charge in [0.05, 0.1) is 6.10 Å². The van der Waals surface area contributed by atoms with Gasteiger partial charge in [-0.1, -0.05) is 49.0 Å². The SMILES string of the molecule is C=C(C)[C@H](O)COc1ccc([C@@H](O)CNC(=O)/C=C/c2ccccc2)cc1. The molecule has 3 N–H and O–H groups in total. The molecule has 2 rings (SSSR count). The maximum atomic E-state index is 11.9. The molecule has 27 heavy (non-hydrogen) atoms. The number of benzene rings is 2. The van der Waals surface area contributed by atoms with Gasteiger partial charge in [0.15, 0.2) is 0 Å². The van der Waals surface area contributed by atoms with Gasteiger partial charge in [0, 0.05) is 12.6 Å². The van der Waals surface area contributed by atoms with E-state index in [9.17, 15) is 15.0 Å². The van der Waals surface area contributed by atoms with Gasteiger partial charge in [-0.15, -0.1) is 0 Å². The molecule has 0 aliphatic heterocycles. The molecule has 142 valence electrons. The Bertz CT molecular complexity index is 769. The van der Waals surface area contributed by atoms with Crippen molar-refractivity contribution in [1.29, 1.82) is 0 Å². The lowest BCUT2D eigenvalue weighted by atomic mass is 10.1. The van der Waals surface area contributed by atoms with Gasteiger partial charge in [0.25, 0.3) is 0 Å². The summed E-state index contributed by atoms with van der Waals surface area (Å²) in [7, 11) is 0. The van der Waals surface area contributed by atoms with Gasteiger partial charge >= 0.3 is 0 Å². The van der Waals surface area contributed by atoms with Crippen LogP contribution in [0.2, 0.25) is 0 Å². The molecule has 0 radical (unpaired) electrons. The standard InChI is InChI=1S/C22H25NO4/c1-16(2)21(25)15-27-19-11-9-18(10-12-19)20(24)14-23-22(26)13-8-17-6-4-3-5-7-17/h3-13,20-21,24-25H,1,14-15H2,2H3,(H,23,26)/b13-8+/t20-,21+/m0/s1. The normalized spacial score (nSPS) is 13.1. The number of ether oxygens (including phenoxy) is 1. The van der Waals surface area contributed by atoms with Crippen molar-refractivity contribution in [3.63, 3.8) is 0 Å². The first-order valence-electron chi connectivity index (χ1n) is 8.71. The van der Waals surface area contributed by atoms with Crippen LogP contribution in [0, 0.1) is 0 Å². The largest absolute Gasteiger partial charge is 0.491 e. The molecule has 0 aliphatic rings. The van der Waals surface area contributed by atoms with Crippen molar-refractivity contribution in [3.05, 3.63) is 84.0 Å². The van der Waals surface area contributed by atoms with Crippen LogP contribution in [-0.2, 0) is 4.79 Å². The molecule has 0 unspecified atom stereocenters. The van der Waals surface area contributed by atoms with Crippen LogP contribution in [0.4, 0.5) is 0 Å². The molecular formula is C22H25NO4. The van der Waals surface area contributed by atoms with E-state index >= 15 is 0 Å². The van der Waals surface area contributed by atoms with Crippen LogP contribution in [-0.4, -0.2) is 35.4 Å². The molecule has 2 aromatic carbocycles. The monoisotopic (exact) mass is 367 g/mol. The summed E-state index contributed by atoms with van der Waals surface area (Å²) in [5, 5.41) is 22.5. The van der Waals surface area contributed by atoms with Gasteiger partial charge in [-0.05, 0) is 41.8 Å². The Balaban J connectivity index is 1.80. The van der Waals surface area contributed by atoms with E-state index in [4.69, 9.17) is 4.74 Å². The molecule has 2 atom stereocenters. The fourth-order valence-corrected chi connectivity index (χ4v) is 2.21. The highest BCUT2D eigenvalue weighted by atomic mass is 16.5. The lowest BCUT2D eigenvalue weighted by Crippen LogP contribution is -2.26. The van der Waals surface area contributed by atoms with Gasteiger partial charge in [-0.2, -0.15) is 0 Å². The van der Waals surface area contributed by atoms with Crippen molar-refractivity contribution in [2.45, 2.75) is 19.1 Å². The van der Waals surface area contributed by atoms with E-state index in [-0.39, 0.29) is 19.1 Å². The molecule has 0 saturated heterocycles. The Hall–Kier alpha value is -2.89. The van der Waals surface area contributed by atoms with Gasteiger partial charge < -0.3 is 20.3 Å². The second-order valence-corrected chi connectivity index (χ2v) is 6.25. The maximum absolute atomic E-state index is 11.9. The summed E-state index contributed by atoms with van der Waals surface area (Å²) in [5.74, 6) is 0.313. The van der Waals surface area contributed by atoms with E-state index in [2.05, 4.69) is 11.9 Å². The third kappa shape index (κ3) is 7.09. The van der Waals surface area contributed by atoms with Crippen LogP contribution < -0.4 is 10.1 Å². The van der Waals surface area contributed by atoms with Crippen molar-refractivity contribution < 1.29 is 19.7 Å². The quantitative estimate of drug-likeness (QED) is 0.470. The van der Waals surface area contributed by atoms with Crippen LogP contribution in [0.25, 0.3) is 6.08 Å². The number of aliphatic hydroxyl groups excluding tert-OH is 2. The van der Waals surface area contributed by atoms with Crippen LogP contribution in [0.1, 0.15) is 24.2 Å². The van der Waals surface area contributed by atoms with E-state index in [0.717, 1.165) is 5.56 Å². The zero-order valence-corrected chi connectivity index (χ0v) is 15.3. The van der Waals surface area contributed by atoms with Gasteiger partial charge in [0.1, 0.15) is 18.5 Å². The number of carbonyl (C=O) groups is 1. The lowest BCUT2D eigenvalue weighted by molar-refractivity contribution is -0.116. The molecular weight excluding hydrogens is 342 g/mol. The molecule has 0 saturated carbocycles. The Morgan fingerprint density at radius 3 is 2.44 bits per heavy atom. The lowest BCUT2D eigenvalue weighted by Gasteiger charge is -2.14. The van der Waals surface area contributed by atoms with E-state index in [0.29, 0.717) is 16.9 Å². The highest BCUT2D eigenvalue weighted by molar-refractivity contribution is 5.91. The molecule has 5 nitrogen and oxygen atoms in total. The van der Waals surface area contributed by atoms with Crippen LogP contribution in [0.5, 0.6) is 5.75 Å². The third-order valence-electron chi connectivity index (χ3n) is 3.94. The van der Waals surface area contributed by atoms with Crippen molar-refractivity contribution in [2.75, 3.05) is 13.2 Å². The summed E-state index contributed by atoms with van der Waals surface area (Å²) in [6.45, 7) is 5.63. The summed E-state index contributed by atoms with van der Waals surface area (Å²) in [4.78, 5) is 11.9. The fraction of sp³-hybridized carbons (Fsp3) is 0.227. The highest BCUT2D eigenvalue weighted by Gasteiger charge is 2.10. The summed E-state index contributed by atoms with van der Waals surface area (Å²) in [6.07, 6.45) is 1.61. The molecule has 5 heteroatoms. The Kier molecular flexibility index (Phi) is 7.79. The second kappa shape index (κ2) is 10.3. The van der Waals surface area contributed by atoms with Gasteiger partial charge in [-0.25, -0.2) is 0 Å². The predicted octanol–water partition coefficient (Wildman–Crippen LogP) is 2.87. The molecule has 0 bridgehead atoms. The van der Waals surface area contributed by atoms with Crippen LogP contribution >= 0.6 is 0 Å². The molecule has 0 aromatic heterocycles. The van der Waals surface area contributed by atoms with E-state index < -0.39 is 12.2 Å². The first-order chi connectivity index (χ1) is 13.0. The Labute approximate surface area is 159 Å². The van der Waals surface area contributed by atoms with Crippen molar-refractivity contribution in [2.24, 2.45) is 0 Å². The van der Waals surface area contributed by atoms with Crippen molar-refractivity contribution >= 4 is 12.0 Å². The number of carbonyl (C=O) groups excluding carboxylic acids is 1. The van der Waals surface area contributed by atoms with E-state index in [1.54, 1.807) is 37.3 Å². The first-order valence-corrected chi connectivity index (χ1v) is 8.71.